The minimum Gasteiger partial charge on any atom is -0.493 e. The van der Waals surface area contributed by atoms with E-state index in [4.69, 9.17) is 14.2 Å². The first-order chi connectivity index (χ1) is 15.0. The van der Waals surface area contributed by atoms with Crippen LogP contribution in [0.3, 0.4) is 0 Å². The van der Waals surface area contributed by atoms with Crippen molar-refractivity contribution in [2.45, 2.75) is 26.4 Å². The van der Waals surface area contributed by atoms with E-state index in [1.807, 2.05) is 24.3 Å². The highest BCUT2D eigenvalue weighted by Gasteiger charge is 2.19. The van der Waals surface area contributed by atoms with Gasteiger partial charge in [0.05, 0.1) is 26.8 Å². The quantitative estimate of drug-likeness (QED) is 0.525. The molecule has 0 radical (unpaired) electrons. The summed E-state index contributed by atoms with van der Waals surface area (Å²) in [5.74, 6) is 1.66. The summed E-state index contributed by atoms with van der Waals surface area (Å²) >= 11 is 0. The van der Waals surface area contributed by atoms with E-state index in [0.29, 0.717) is 23.2 Å². The lowest BCUT2D eigenvalue weighted by atomic mass is 10.1. The Kier molecular flexibility index (Phi) is 7.12. The van der Waals surface area contributed by atoms with Crippen LogP contribution in [-0.2, 0) is 4.79 Å². The molecule has 0 spiro atoms. The summed E-state index contributed by atoms with van der Waals surface area (Å²) in [6.07, 6.45) is 3.58. The van der Waals surface area contributed by atoms with Crippen molar-refractivity contribution >= 4 is 23.0 Å². The molecule has 31 heavy (non-hydrogen) atoms. The Morgan fingerprint density at radius 3 is 2.39 bits per heavy atom. The second-order valence-electron chi connectivity index (χ2n) is 7.47. The largest absolute Gasteiger partial charge is 0.493 e. The zero-order chi connectivity index (χ0) is 22.4. The number of amides is 1. The zero-order valence-electron chi connectivity index (χ0n) is 18.5. The highest BCUT2D eigenvalue weighted by atomic mass is 16.5. The van der Waals surface area contributed by atoms with Gasteiger partial charge in [-0.15, -0.1) is 5.10 Å². The third-order valence-electron chi connectivity index (χ3n) is 4.79. The lowest BCUT2D eigenvalue weighted by Gasteiger charge is -2.20. The molecule has 3 rings (SSSR count). The summed E-state index contributed by atoms with van der Waals surface area (Å²) in [6.45, 7) is 4.20. The van der Waals surface area contributed by atoms with Crippen LogP contribution >= 0.6 is 0 Å². The van der Waals surface area contributed by atoms with Crippen LogP contribution in [0.15, 0.2) is 42.5 Å². The maximum absolute atomic E-state index is 12.7. The molecule has 0 saturated heterocycles. The zero-order valence-corrected chi connectivity index (χ0v) is 18.5. The molecule has 8 heteroatoms. The fourth-order valence-electron chi connectivity index (χ4n) is 3.37. The molecule has 0 fully saturated rings. The molecule has 1 heterocycles. The number of carbonyl (C=O) groups excluding carboxylic acids is 1. The van der Waals surface area contributed by atoms with Crippen molar-refractivity contribution in [3.05, 3.63) is 48.0 Å². The molecule has 0 aliphatic rings. The molecule has 0 aliphatic heterocycles. The van der Waals surface area contributed by atoms with E-state index in [1.165, 1.54) is 6.08 Å². The van der Waals surface area contributed by atoms with Gasteiger partial charge in [-0.2, -0.15) is 0 Å². The van der Waals surface area contributed by atoms with Gasteiger partial charge in [0.2, 0.25) is 11.7 Å². The number of hydrogen-bond donors (Lipinski definition) is 1. The fourth-order valence-corrected chi connectivity index (χ4v) is 3.37. The molecule has 3 aromatic rings. The van der Waals surface area contributed by atoms with Crippen LogP contribution in [0.4, 0.5) is 0 Å². The summed E-state index contributed by atoms with van der Waals surface area (Å²) in [6, 6.07) is 11.2. The van der Waals surface area contributed by atoms with E-state index in [9.17, 15) is 4.79 Å². The van der Waals surface area contributed by atoms with Crippen molar-refractivity contribution in [3.8, 4) is 17.2 Å². The van der Waals surface area contributed by atoms with Crippen molar-refractivity contribution in [2.24, 2.45) is 5.92 Å². The van der Waals surface area contributed by atoms with Crippen LogP contribution in [0.5, 0.6) is 17.2 Å². The van der Waals surface area contributed by atoms with Gasteiger partial charge in [-0.1, -0.05) is 31.2 Å². The normalized spacial score (nSPS) is 12.3. The minimum atomic E-state index is -0.315. The number of nitrogens with zero attached hydrogens (tertiary/aromatic N) is 3. The average molecular weight is 425 g/mol. The topological polar surface area (TPSA) is 87.5 Å². The Hall–Kier alpha value is -3.55. The Bertz CT molecular complexity index is 1050. The minimum absolute atomic E-state index is 0.237. The first-order valence-corrected chi connectivity index (χ1v) is 10.0. The summed E-state index contributed by atoms with van der Waals surface area (Å²) < 4.78 is 17.8. The number of nitrogens with one attached hydrogen (secondary N) is 1. The molecule has 1 amide bonds. The molecular weight excluding hydrogens is 396 g/mol. The molecule has 1 unspecified atom stereocenters. The number of benzene rings is 2. The number of ether oxygens (including phenoxy) is 3. The molecule has 1 atom stereocenters. The van der Waals surface area contributed by atoms with Crippen LogP contribution in [0.25, 0.3) is 17.1 Å². The van der Waals surface area contributed by atoms with Gasteiger partial charge in [0.25, 0.3) is 0 Å². The number of carbonyl (C=O) groups is 1. The summed E-state index contributed by atoms with van der Waals surface area (Å²) in [7, 11) is 4.65. The molecule has 1 aromatic heterocycles. The Morgan fingerprint density at radius 1 is 1.10 bits per heavy atom. The van der Waals surface area contributed by atoms with Crippen molar-refractivity contribution in [1.29, 1.82) is 0 Å². The molecule has 2 aromatic carbocycles. The van der Waals surface area contributed by atoms with Crippen LogP contribution < -0.4 is 19.5 Å². The van der Waals surface area contributed by atoms with Gasteiger partial charge in [0.15, 0.2) is 11.5 Å². The molecule has 1 N–H and O–H groups in total. The second-order valence-corrected chi connectivity index (χ2v) is 7.47. The molecule has 8 nitrogen and oxygen atoms in total. The summed E-state index contributed by atoms with van der Waals surface area (Å²) in [5, 5.41) is 11.5. The van der Waals surface area contributed by atoms with Crippen LogP contribution in [0.2, 0.25) is 0 Å². The number of hydrogen-bond acceptors (Lipinski definition) is 6. The van der Waals surface area contributed by atoms with Gasteiger partial charge in [0.1, 0.15) is 11.7 Å². The molecule has 164 valence electrons. The fraction of sp³-hybridized carbons (Fsp3) is 0.348. The lowest BCUT2D eigenvalue weighted by Crippen LogP contribution is -2.33. The SMILES string of the molecule is COc1cc(C=CC(=O)NC(CC(C)C)n2nnc3ccccc32)cc(OC)c1OC. The number of methoxy groups -OCH3 is 3. The Labute approximate surface area is 181 Å². The smallest absolute Gasteiger partial charge is 0.245 e. The van der Waals surface area contributed by atoms with E-state index in [0.717, 1.165) is 23.0 Å². The van der Waals surface area contributed by atoms with Gasteiger partial charge in [0, 0.05) is 6.08 Å². The van der Waals surface area contributed by atoms with Gasteiger partial charge in [-0.3, -0.25) is 4.79 Å². The predicted octanol–water partition coefficient (Wildman–Crippen LogP) is 3.83. The Balaban J connectivity index is 1.82. The van der Waals surface area contributed by atoms with E-state index in [1.54, 1.807) is 44.2 Å². The van der Waals surface area contributed by atoms with Crippen LogP contribution in [-0.4, -0.2) is 42.2 Å². The average Bonchev–Trinajstić information content (AvgIpc) is 3.20. The van der Waals surface area contributed by atoms with Crippen molar-refractivity contribution < 1.29 is 19.0 Å². The van der Waals surface area contributed by atoms with Gasteiger partial charge >= 0.3 is 0 Å². The van der Waals surface area contributed by atoms with E-state index < -0.39 is 0 Å². The van der Waals surface area contributed by atoms with Crippen LogP contribution in [0.1, 0.15) is 32.0 Å². The van der Waals surface area contributed by atoms with Gasteiger partial charge < -0.3 is 19.5 Å². The van der Waals surface area contributed by atoms with Gasteiger partial charge in [-0.05, 0) is 48.2 Å². The third-order valence-corrected chi connectivity index (χ3v) is 4.79. The first-order valence-electron chi connectivity index (χ1n) is 10.0. The van der Waals surface area contributed by atoms with Crippen molar-refractivity contribution in [1.82, 2.24) is 20.3 Å². The number of fused-ring (bicyclic) bond motifs is 1. The summed E-state index contributed by atoms with van der Waals surface area (Å²) in [4.78, 5) is 12.7. The standard InChI is InChI=1S/C23H28N4O4/c1-15(2)12-21(27-18-9-7-6-8-17(18)25-26-27)24-22(28)11-10-16-13-19(29-3)23(31-5)20(14-16)30-4/h6-11,13-15,21H,12H2,1-5H3,(H,24,28). The molecule has 0 saturated carbocycles. The third kappa shape index (κ3) is 5.14. The molecule has 0 bridgehead atoms. The maximum atomic E-state index is 12.7. The highest BCUT2D eigenvalue weighted by Crippen LogP contribution is 2.38. The van der Waals surface area contributed by atoms with Crippen molar-refractivity contribution in [2.75, 3.05) is 21.3 Å². The molecule has 0 aliphatic carbocycles. The van der Waals surface area contributed by atoms with Crippen molar-refractivity contribution in [3.63, 3.8) is 0 Å². The maximum Gasteiger partial charge on any atom is 0.245 e. The summed E-state index contributed by atoms with van der Waals surface area (Å²) in [5.41, 5.74) is 2.41. The predicted molar refractivity (Wildman–Crippen MR) is 119 cm³/mol. The first kappa shape index (κ1) is 22.1. The van der Waals surface area contributed by atoms with Gasteiger partial charge in [-0.25, -0.2) is 4.68 Å². The number of rotatable bonds is 9. The van der Waals surface area contributed by atoms with Crippen LogP contribution in [0, 0.1) is 5.92 Å². The van der Waals surface area contributed by atoms with E-state index in [-0.39, 0.29) is 12.1 Å². The van der Waals surface area contributed by atoms with E-state index >= 15 is 0 Å². The molecular formula is C23H28N4O4. The number of para-hydroxylation sites is 1. The monoisotopic (exact) mass is 424 g/mol. The number of aromatic nitrogens is 3. The Morgan fingerprint density at radius 2 is 1.77 bits per heavy atom. The highest BCUT2D eigenvalue weighted by molar-refractivity contribution is 5.92. The lowest BCUT2D eigenvalue weighted by molar-refractivity contribution is -0.117. The van der Waals surface area contributed by atoms with E-state index in [2.05, 4.69) is 29.5 Å². The second kappa shape index (κ2) is 9.97.